The molecular formula is C55H36N6. The van der Waals surface area contributed by atoms with E-state index >= 15 is 0 Å². The Morgan fingerprint density at radius 1 is 0.279 bits per heavy atom. The van der Waals surface area contributed by atoms with Gasteiger partial charge in [-0.2, -0.15) is 0 Å². The molecule has 0 unspecified atom stereocenters. The molecule has 0 aliphatic heterocycles. The Morgan fingerprint density at radius 3 is 1.36 bits per heavy atom. The lowest BCUT2D eigenvalue weighted by molar-refractivity contribution is 1.07. The Bertz CT molecular complexity index is 3290. The third kappa shape index (κ3) is 6.82. The summed E-state index contributed by atoms with van der Waals surface area (Å²) in [4.78, 5) is 25.5. The molecule has 11 rings (SSSR count). The Hall–Kier alpha value is -8.35. The smallest absolute Gasteiger partial charge is 0.164 e. The van der Waals surface area contributed by atoms with Crippen LogP contribution in [-0.2, 0) is 0 Å². The van der Waals surface area contributed by atoms with Gasteiger partial charge in [-0.1, -0.05) is 176 Å². The van der Waals surface area contributed by atoms with Crippen molar-refractivity contribution in [1.29, 1.82) is 0 Å². The molecule has 3 aromatic heterocycles. The van der Waals surface area contributed by atoms with Crippen LogP contribution in [0.4, 0.5) is 0 Å². The summed E-state index contributed by atoms with van der Waals surface area (Å²) in [6.07, 6.45) is 0. The van der Waals surface area contributed by atoms with E-state index in [4.69, 9.17) is 24.9 Å². The highest BCUT2D eigenvalue weighted by Crippen LogP contribution is 2.39. The van der Waals surface area contributed by atoms with Crippen LogP contribution in [0.3, 0.4) is 0 Å². The summed E-state index contributed by atoms with van der Waals surface area (Å²) < 4.78 is 2.33. The predicted octanol–water partition coefficient (Wildman–Crippen LogP) is 13.4. The van der Waals surface area contributed by atoms with Crippen LogP contribution in [0.5, 0.6) is 0 Å². The van der Waals surface area contributed by atoms with Gasteiger partial charge < -0.3 is 4.57 Å². The first-order chi connectivity index (χ1) is 30.2. The third-order valence-corrected chi connectivity index (χ3v) is 11.1. The van der Waals surface area contributed by atoms with Crippen LogP contribution in [0.25, 0.3) is 107 Å². The zero-order valence-electron chi connectivity index (χ0n) is 33.0. The minimum Gasteiger partial charge on any atom is -0.309 e. The van der Waals surface area contributed by atoms with E-state index in [1.165, 1.54) is 0 Å². The number of benzene rings is 8. The summed E-state index contributed by atoms with van der Waals surface area (Å²) in [5.41, 5.74) is 12.9. The average molecular weight is 781 g/mol. The van der Waals surface area contributed by atoms with Gasteiger partial charge >= 0.3 is 0 Å². The fraction of sp³-hybridized carbons (Fsp3) is 0. The van der Waals surface area contributed by atoms with Gasteiger partial charge in [0.2, 0.25) is 0 Å². The van der Waals surface area contributed by atoms with E-state index in [1.54, 1.807) is 0 Å². The number of hydrogen-bond acceptors (Lipinski definition) is 5. The first-order valence-electron chi connectivity index (χ1n) is 20.3. The van der Waals surface area contributed by atoms with E-state index in [0.29, 0.717) is 23.3 Å². The molecule has 0 bridgehead atoms. The van der Waals surface area contributed by atoms with Crippen molar-refractivity contribution in [3.05, 3.63) is 218 Å². The highest BCUT2D eigenvalue weighted by Gasteiger charge is 2.19. The number of hydrogen-bond donors (Lipinski definition) is 0. The Balaban J connectivity index is 1.04. The Kier molecular flexibility index (Phi) is 9.06. The highest BCUT2D eigenvalue weighted by atomic mass is 15.0. The molecule has 6 nitrogen and oxygen atoms in total. The van der Waals surface area contributed by atoms with Crippen LogP contribution in [0.2, 0.25) is 0 Å². The van der Waals surface area contributed by atoms with Crippen molar-refractivity contribution in [2.45, 2.75) is 0 Å². The maximum Gasteiger partial charge on any atom is 0.164 e. The lowest BCUT2D eigenvalue weighted by atomic mass is 9.98. The van der Waals surface area contributed by atoms with E-state index in [-0.39, 0.29) is 0 Å². The highest BCUT2D eigenvalue weighted by molar-refractivity contribution is 6.15. The quantitative estimate of drug-likeness (QED) is 0.154. The van der Waals surface area contributed by atoms with E-state index in [2.05, 4.69) is 156 Å². The van der Waals surface area contributed by atoms with E-state index in [9.17, 15) is 0 Å². The molecule has 286 valence electrons. The number of aromatic nitrogens is 6. The van der Waals surface area contributed by atoms with Gasteiger partial charge in [0.05, 0.1) is 22.4 Å². The van der Waals surface area contributed by atoms with Crippen molar-refractivity contribution < 1.29 is 0 Å². The van der Waals surface area contributed by atoms with Crippen molar-refractivity contribution in [3.63, 3.8) is 0 Å². The zero-order chi connectivity index (χ0) is 40.5. The molecule has 0 aliphatic carbocycles. The molecule has 0 N–H and O–H groups in total. The lowest BCUT2D eigenvalue weighted by Crippen LogP contribution is -2.00. The molecule has 8 aromatic carbocycles. The van der Waals surface area contributed by atoms with Gasteiger partial charge in [-0.3, -0.25) is 0 Å². The summed E-state index contributed by atoms with van der Waals surface area (Å²) in [6, 6.07) is 75.1. The Labute approximate surface area is 353 Å². The SMILES string of the molecule is c1ccc(-c2cc(-c3cccc(-c4cccc(-c5nc(-c6ccccc6)nc(-c6ccccc6)n5)c4)c3)nc(-c3cccc4c3c3ccccc3n4-c3ccccc3)n2)cc1. The number of para-hydroxylation sites is 2. The number of fused-ring (bicyclic) bond motifs is 3. The maximum absolute atomic E-state index is 5.37. The van der Waals surface area contributed by atoms with Gasteiger partial charge in [0.1, 0.15) is 0 Å². The topological polar surface area (TPSA) is 69.4 Å². The fourth-order valence-electron chi connectivity index (χ4n) is 8.17. The second-order valence-corrected chi connectivity index (χ2v) is 14.9. The molecular weight excluding hydrogens is 745 g/mol. The summed E-state index contributed by atoms with van der Waals surface area (Å²) in [7, 11) is 0. The molecule has 0 saturated carbocycles. The molecule has 0 fully saturated rings. The summed E-state index contributed by atoms with van der Waals surface area (Å²) >= 11 is 0. The first kappa shape index (κ1) is 35.8. The molecule has 0 amide bonds. The molecule has 61 heavy (non-hydrogen) atoms. The average Bonchev–Trinajstić information content (AvgIpc) is 3.69. The maximum atomic E-state index is 5.37. The molecule has 0 radical (unpaired) electrons. The minimum absolute atomic E-state index is 0.612. The summed E-state index contributed by atoms with van der Waals surface area (Å²) in [5.74, 6) is 2.54. The normalized spacial score (nSPS) is 11.3. The first-order valence-corrected chi connectivity index (χ1v) is 20.3. The third-order valence-electron chi connectivity index (χ3n) is 11.1. The molecule has 11 aromatic rings. The predicted molar refractivity (Wildman–Crippen MR) is 248 cm³/mol. The van der Waals surface area contributed by atoms with Crippen molar-refractivity contribution >= 4 is 21.8 Å². The number of nitrogens with zero attached hydrogens (tertiary/aromatic N) is 6. The van der Waals surface area contributed by atoms with Crippen LogP contribution in [0, 0.1) is 0 Å². The monoisotopic (exact) mass is 780 g/mol. The summed E-state index contributed by atoms with van der Waals surface area (Å²) in [5, 5.41) is 2.27. The Morgan fingerprint density at radius 2 is 0.721 bits per heavy atom. The van der Waals surface area contributed by atoms with Gasteiger partial charge in [0.25, 0.3) is 0 Å². The molecule has 0 atom stereocenters. The fourth-order valence-corrected chi connectivity index (χ4v) is 8.17. The largest absolute Gasteiger partial charge is 0.309 e. The lowest BCUT2D eigenvalue weighted by Gasteiger charge is -2.12. The van der Waals surface area contributed by atoms with E-state index < -0.39 is 0 Å². The van der Waals surface area contributed by atoms with Crippen LogP contribution >= 0.6 is 0 Å². The van der Waals surface area contributed by atoms with Crippen LogP contribution in [-0.4, -0.2) is 29.5 Å². The standard InChI is InChI=1S/C55H36N6/c1-5-18-37(19-6-1)47-36-48(57-55(56-47)46-31-17-33-50-51(46)45-30-13-14-32-49(45)61(50)44-28-11-4-12-29-44)42-26-15-24-40(34-42)41-25-16-27-43(35-41)54-59-52(38-20-7-2-8-21-38)58-53(60-54)39-22-9-3-10-23-39/h1-36H. The molecule has 3 heterocycles. The van der Waals surface area contributed by atoms with Crippen LogP contribution in [0.1, 0.15) is 0 Å². The molecule has 6 heteroatoms. The van der Waals surface area contributed by atoms with Gasteiger partial charge in [-0.25, -0.2) is 24.9 Å². The van der Waals surface area contributed by atoms with Gasteiger partial charge in [-0.15, -0.1) is 0 Å². The summed E-state index contributed by atoms with van der Waals surface area (Å²) in [6.45, 7) is 0. The molecule has 0 spiro atoms. The van der Waals surface area contributed by atoms with Crippen molar-refractivity contribution in [2.24, 2.45) is 0 Å². The second-order valence-electron chi connectivity index (χ2n) is 14.9. The zero-order valence-corrected chi connectivity index (χ0v) is 33.0. The van der Waals surface area contributed by atoms with E-state index in [1.807, 2.05) is 66.7 Å². The van der Waals surface area contributed by atoms with Gasteiger partial charge in [0, 0.05) is 49.8 Å². The number of rotatable bonds is 8. The van der Waals surface area contributed by atoms with E-state index in [0.717, 1.165) is 83.4 Å². The van der Waals surface area contributed by atoms with Crippen LogP contribution in [0.15, 0.2) is 218 Å². The van der Waals surface area contributed by atoms with Gasteiger partial charge in [0.15, 0.2) is 23.3 Å². The minimum atomic E-state index is 0.612. The van der Waals surface area contributed by atoms with Crippen molar-refractivity contribution in [2.75, 3.05) is 0 Å². The van der Waals surface area contributed by atoms with Crippen molar-refractivity contribution in [3.8, 4) is 84.9 Å². The molecule has 0 saturated heterocycles. The van der Waals surface area contributed by atoms with Crippen molar-refractivity contribution in [1.82, 2.24) is 29.5 Å². The molecule has 0 aliphatic rings. The second kappa shape index (κ2) is 15.4. The van der Waals surface area contributed by atoms with Crippen LogP contribution < -0.4 is 0 Å². The van der Waals surface area contributed by atoms with Gasteiger partial charge in [-0.05, 0) is 53.6 Å².